The largest absolute Gasteiger partial charge is 0.441 e. The summed E-state index contributed by atoms with van der Waals surface area (Å²) < 4.78 is 11.2. The fourth-order valence-electron chi connectivity index (χ4n) is 4.71. The quantitative estimate of drug-likeness (QED) is 0.666. The van der Waals surface area contributed by atoms with Gasteiger partial charge in [-0.15, -0.1) is 24.8 Å². The molecule has 180 valence electrons. The first-order valence-corrected chi connectivity index (χ1v) is 11.1. The van der Waals surface area contributed by atoms with E-state index in [0.717, 1.165) is 70.0 Å². The van der Waals surface area contributed by atoms with Crippen molar-refractivity contribution >= 4 is 48.2 Å². The Balaban J connectivity index is 0.00000153. The van der Waals surface area contributed by atoms with E-state index >= 15 is 0 Å². The van der Waals surface area contributed by atoms with Gasteiger partial charge in [-0.2, -0.15) is 0 Å². The van der Waals surface area contributed by atoms with Crippen LogP contribution in [-0.4, -0.2) is 61.1 Å². The van der Waals surface area contributed by atoms with Crippen molar-refractivity contribution < 1.29 is 14.3 Å². The first-order chi connectivity index (χ1) is 15.2. The Morgan fingerprint density at radius 2 is 1.82 bits per heavy atom. The van der Waals surface area contributed by atoms with E-state index in [0.29, 0.717) is 18.3 Å². The lowest BCUT2D eigenvalue weighted by Gasteiger charge is -2.35. The van der Waals surface area contributed by atoms with Crippen LogP contribution in [0, 0.1) is 5.92 Å². The third kappa shape index (κ3) is 5.80. The maximum Gasteiger partial charge on any atom is 0.416 e. The van der Waals surface area contributed by atoms with Crippen molar-refractivity contribution in [2.75, 3.05) is 54.5 Å². The van der Waals surface area contributed by atoms with Crippen LogP contribution < -0.4 is 15.1 Å². The molecule has 2 saturated heterocycles. The number of nitrogens with one attached hydrogen (secondary N) is 1. The number of aromatic nitrogens is 2. The van der Waals surface area contributed by atoms with Gasteiger partial charge in [-0.3, -0.25) is 4.90 Å². The fourth-order valence-corrected chi connectivity index (χ4v) is 4.71. The number of carbonyl (C=O) groups excluding carboxylic acids is 1. The van der Waals surface area contributed by atoms with E-state index in [1.54, 1.807) is 11.1 Å². The van der Waals surface area contributed by atoms with Crippen LogP contribution in [0.5, 0.6) is 0 Å². The van der Waals surface area contributed by atoms with Gasteiger partial charge in [-0.1, -0.05) is 6.07 Å². The average molecular weight is 496 g/mol. The van der Waals surface area contributed by atoms with E-state index < -0.39 is 0 Å². The number of halogens is 2. The van der Waals surface area contributed by atoms with E-state index in [-0.39, 0.29) is 36.5 Å². The van der Waals surface area contributed by atoms with Crippen LogP contribution in [0.2, 0.25) is 0 Å². The molecule has 1 amide bonds. The van der Waals surface area contributed by atoms with Crippen molar-refractivity contribution in [2.45, 2.75) is 31.3 Å². The van der Waals surface area contributed by atoms with E-state index in [1.165, 1.54) is 0 Å². The van der Waals surface area contributed by atoms with E-state index in [4.69, 9.17) is 9.47 Å². The summed E-state index contributed by atoms with van der Waals surface area (Å²) in [6.07, 6.45) is 7.20. The van der Waals surface area contributed by atoms with Gasteiger partial charge in [0.15, 0.2) is 0 Å². The van der Waals surface area contributed by atoms with Crippen molar-refractivity contribution in [3.05, 3.63) is 42.7 Å². The Hall–Kier alpha value is -2.29. The van der Waals surface area contributed by atoms with Crippen LogP contribution in [0.15, 0.2) is 42.7 Å². The second-order valence-corrected chi connectivity index (χ2v) is 8.65. The molecule has 10 heteroatoms. The minimum atomic E-state index is -0.369. The number of anilines is 3. The van der Waals surface area contributed by atoms with Crippen molar-refractivity contribution in [2.24, 2.45) is 5.92 Å². The zero-order valence-corrected chi connectivity index (χ0v) is 20.2. The highest BCUT2D eigenvalue weighted by molar-refractivity contribution is 5.89. The zero-order valence-electron chi connectivity index (χ0n) is 18.5. The molecule has 0 aromatic carbocycles. The standard InChI is InChI=1S/C23H29N5O3.2ClH/c29-22-28(21-3-1-2-10-24-21)17-23(31-22)8-6-18(7-9-23)15-25-19-4-5-20(26-16-19)27-11-13-30-14-12-27;;/h1-5,10,16,18,25H,6-9,11-15,17H2;2*1H/t18-,23-;;. The van der Waals surface area contributed by atoms with Crippen LogP contribution in [0.1, 0.15) is 25.7 Å². The fraction of sp³-hybridized carbons (Fsp3) is 0.522. The molecule has 33 heavy (non-hydrogen) atoms. The highest BCUT2D eigenvalue weighted by Crippen LogP contribution is 2.40. The second-order valence-electron chi connectivity index (χ2n) is 8.65. The summed E-state index contributed by atoms with van der Waals surface area (Å²) in [4.78, 5) is 25.2. The number of rotatable bonds is 5. The molecule has 3 aliphatic rings. The maximum atomic E-state index is 12.4. The van der Waals surface area contributed by atoms with Crippen molar-refractivity contribution in [3.8, 4) is 0 Å². The Morgan fingerprint density at radius 1 is 1.03 bits per heavy atom. The summed E-state index contributed by atoms with van der Waals surface area (Å²) in [5.41, 5.74) is 0.679. The van der Waals surface area contributed by atoms with Gasteiger partial charge < -0.3 is 19.7 Å². The van der Waals surface area contributed by atoms with Gasteiger partial charge in [-0.05, 0) is 55.9 Å². The van der Waals surface area contributed by atoms with E-state index in [2.05, 4.69) is 32.3 Å². The van der Waals surface area contributed by atoms with Crippen molar-refractivity contribution in [1.82, 2.24) is 9.97 Å². The van der Waals surface area contributed by atoms with Crippen LogP contribution >= 0.6 is 24.8 Å². The molecule has 4 heterocycles. The molecule has 2 aliphatic heterocycles. The van der Waals surface area contributed by atoms with Gasteiger partial charge in [0.25, 0.3) is 0 Å². The number of nitrogens with zero attached hydrogens (tertiary/aromatic N) is 4. The molecular weight excluding hydrogens is 465 g/mol. The third-order valence-corrected chi connectivity index (χ3v) is 6.59. The average Bonchev–Trinajstić information content (AvgIpc) is 3.16. The van der Waals surface area contributed by atoms with Gasteiger partial charge in [0.1, 0.15) is 17.2 Å². The molecule has 1 aliphatic carbocycles. The monoisotopic (exact) mass is 495 g/mol. The number of morpholine rings is 1. The molecule has 1 spiro atoms. The van der Waals surface area contributed by atoms with Gasteiger partial charge in [0.2, 0.25) is 0 Å². The lowest BCUT2D eigenvalue weighted by molar-refractivity contribution is 0.0148. The molecule has 0 unspecified atom stereocenters. The highest BCUT2D eigenvalue weighted by Gasteiger charge is 2.47. The number of hydrogen-bond acceptors (Lipinski definition) is 7. The molecule has 0 bridgehead atoms. The first kappa shape index (κ1) is 25.3. The third-order valence-electron chi connectivity index (χ3n) is 6.59. The molecule has 0 radical (unpaired) electrons. The molecule has 5 rings (SSSR count). The van der Waals surface area contributed by atoms with Crippen LogP contribution in [0.3, 0.4) is 0 Å². The van der Waals surface area contributed by atoms with E-state index in [9.17, 15) is 4.79 Å². The molecule has 8 nitrogen and oxygen atoms in total. The molecule has 2 aromatic heterocycles. The van der Waals surface area contributed by atoms with Gasteiger partial charge in [0.05, 0.1) is 31.6 Å². The van der Waals surface area contributed by atoms with Gasteiger partial charge >= 0.3 is 6.09 Å². The summed E-state index contributed by atoms with van der Waals surface area (Å²) in [6.45, 7) is 4.82. The maximum absolute atomic E-state index is 12.4. The van der Waals surface area contributed by atoms with Crippen LogP contribution in [0.25, 0.3) is 0 Å². The van der Waals surface area contributed by atoms with Gasteiger partial charge in [-0.25, -0.2) is 14.8 Å². The number of amides is 1. The molecule has 1 N–H and O–H groups in total. The number of ether oxygens (including phenoxy) is 2. The van der Waals surface area contributed by atoms with Crippen molar-refractivity contribution in [1.29, 1.82) is 0 Å². The Kier molecular flexibility index (Phi) is 8.62. The number of carbonyl (C=O) groups is 1. The second kappa shape index (κ2) is 11.2. The summed E-state index contributed by atoms with van der Waals surface area (Å²) in [6, 6.07) is 9.78. The topological polar surface area (TPSA) is 79.8 Å². The molecule has 3 fully saturated rings. The molecule has 1 saturated carbocycles. The Bertz CT molecular complexity index is 889. The first-order valence-electron chi connectivity index (χ1n) is 11.1. The summed E-state index contributed by atoms with van der Waals surface area (Å²) >= 11 is 0. The van der Waals surface area contributed by atoms with Crippen LogP contribution in [-0.2, 0) is 9.47 Å². The van der Waals surface area contributed by atoms with Crippen LogP contribution in [0.4, 0.5) is 22.1 Å². The summed E-state index contributed by atoms with van der Waals surface area (Å²) in [5, 5.41) is 3.53. The zero-order chi connectivity index (χ0) is 21.1. The minimum absolute atomic E-state index is 0. The van der Waals surface area contributed by atoms with E-state index in [1.807, 2.05) is 24.4 Å². The Labute approximate surface area is 206 Å². The normalized spacial score (nSPS) is 24.6. The number of pyridine rings is 2. The van der Waals surface area contributed by atoms with Gasteiger partial charge in [0, 0.05) is 25.8 Å². The predicted octanol–water partition coefficient (Wildman–Crippen LogP) is 4.15. The smallest absolute Gasteiger partial charge is 0.416 e. The number of hydrogen-bond donors (Lipinski definition) is 1. The summed E-state index contributed by atoms with van der Waals surface area (Å²) in [7, 11) is 0. The highest BCUT2D eigenvalue weighted by atomic mass is 35.5. The molecule has 2 aromatic rings. The summed E-state index contributed by atoms with van der Waals surface area (Å²) in [5.74, 6) is 2.24. The minimum Gasteiger partial charge on any atom is -0.441 e. The Morgan fingerprint density at radius 3 is 2.48 bits per heavy atom. The molecular formula is C23H31Cl2N5O3. The SMILES string of the molecule is Cl.Cl.O=C1O[C@]2(CC[C@H](CNc3ccc(N4CCOCC4)nc3)CC2)CN1c1ccccn1. The van der Waals surface area contributed by atoms with Crippen molar-refractivity contribution in [3.63, 3.8) is 0 Å². The lowest BCUT2D eigenvalue weighted by Crippen LogP contribution is -2.39. The predicted molar refractivity (Wildman–Crippen MR) is 133 cm³/mol. The lowest BCUT2D eigenvalue weighted by atomic mass is 9.78. The molecule has 0 atom stereocenters.